The fraction of sp³-hybridized carbons (Fsp3) is 0.340. The highest BCUT2D eigenvalue weighted by atomic mass is 31.2. The quantitative estimate of drug-likeness (QED) is 0.00689. The summed E-state index contributed by atoms with van der Waals surface area (Å²) >= 11 is 0. The molecule has 5 amide bonds. The third-order valence-electron chi connectivity index (χ3n) is 11.2. The molecule has 1 heterocycles. The van der Waals surface area contributed by atoms with Crippen LogP contribution in [0.25, 0.3) is 17.0 Å². The number of nitrogens with one attached hydrogen (secondary N) is 7. The SMILES string of the molecule is C#CP(=O)(Nc1ccc(C(=O)N[C@H](C(=O)N[C@@H](C)C(=O)Nc2ccc(COC(=O)N(CCc3c(C)[nH]c4ccccc34)Cc3ccc(/C=C/C(=O)NO)cc3)cc2)C(C)C)cc1)OC(C)(C)CONCCC. The average Bonchev–Trinajstić information content (AvgIpc) is 3.68. The zero-order valence-electron chi connectivity index (χ0n) is 41.7. The van der Waals surface area contributed by atoms with E-state index in [-0.39, 0.29) is 31.2 Å². The Morgan fingerprint density at radius 2 is 1.56 bits per heavy atom. The highest BCUT2D eigenvalue weighted by Crippen LogP contribution is 2.49. The summed E-state index contributed by atoms with van der Waals surface area (Å²) in [4.78, 5) is 75.7. The summed E-state index contributed by atoms with van der Waals surface area (Å²) in [6.45, 7) is 13.7. The van der Waals surface area contributed by atoms with Gasteiger partial charge in [-0.2, -0.15) is 0 Å². The highest BCUT2D eigenvalue weighted by Gasteiger charge is 2.32. The Bertz CT molecular complexity index is 2770. The van der Waals surface area contributed by atoms with Gasteiger partial charge >= 0.3 is 13.6 Å². The lowest BCUT2D eigenvalue weighted by Crippen LogP contribution is -2.53. The van der Waals surface area contributed by atoms with Crippen molar-refractivity contribution < 1.29 is 47.8 Å². The number of rotatable bonds is 25. The number of aromatic nitrogens is 1. The van der Waals surface area contributed by atoms with Gasteiger partial charge in [0.1, 0.15) is 18.7 Å². The van der Waals surface area contributed by atoms with Crippen LogP contribution < -0.4 is 32.0 Å². The minimum absolute atomic E-state index is 0.0445. The molecule has 8 N–H and O–H groups in total. The largest absolute Gasteiger partial charge is 0.445 e. The maximum Gasteiger partial charge on any atom is 0.410 e. The third-order valence-corrected chi connectivity index (χ3v) is 12.9. The van der Waals surface area contributed by atoms with E-state index in [0.29, 0.717) is 36.4 Å². The molecule has 0 bridgehead atoms. The second-order valence-electron chi connectivity index (χ2n) is 18.1. The fourth-order valence-corrected chi connectivity index (χ4v) is 8.72. The number of fused-ring (bicyclic) bond motifs is 1. The molecular weight excluding hydrogens is 940 g/mol. The number of anilines is 2. The van der Waals surface area contributed by atoms with E-state index in [1.54, 1.807) is 80.5 Å². The Hall–Kier alpha value is -7.26. The number of para-hydroxylation sites is 1. The number of nitrogens with zero attached hydrogens (tertiary/aromatic N) is 1. The highest BCUT2D eigenvalue weighted by molar-refractivity contribution is 7.65. The van der Waals surface area contributed by atoms with Gasteiger partial charge < -0.3 is 35.7 Å². The van der Waals surface area contributed by atoms with Gasteiger partial charge in [0.05, 0.1) is 12.2 Å². The molecule has 3 atom stereocenters. The van der Waals surface area contributed by atoms with Gasteiger partial charge in [0.2, 0.25) is 11.8 Å². The second-order valence-corrected chi connectivity index (χ2v) is 19.8. The first-order valence-electron chi connectivity index (χ1n) is 23.5. The number of hydrogen-bond donors (Lipinski definition) is 8. The van der Waals surface area contributed by atoms with Crippen molar-refractivity contribution in [1.82, 2.24) is 31.5 Å². The van der Waals surface area contributed by atoms with E-state index in [4.69, 9.17) is 25.7 Å². The number of benzene rings is 4. The number of H-pyrrole nitrogens is 1. The lowest BCUT2D eigenvalue weighted by Gasteiger charge is -2.28. The Morgan fingerprint density at radius 3 is 2.21 bits per heavy atom. The molecular formula is C53H65N8O10P. The first-order chi connectivity index (χ1) is 34.3. The molecule has 0 saturated carbocycles. The van der Waals surface area contributed by atoms with Crippen molar-refractivity contribution in [2.45, 2.75) is 92.1 Å². The molecule has 0 aliphatic heterocycles. The molecule has 1 aromatic heterocycles. The lowest BCUT2D eigenvalue weighted by molar-refractivity contribution is -0.128. The van der Waals surface area contributed by atoms with E-state index < -0.39 is 54.9 Å². The van der Waals surface area contributed by atoms with E-state index >= 15 is 0 Å². The minimum Gasteiger partial charge on any atom is -0.445 e. The molecule has 72 heavy (non-hydrogen) atoms. The van der Waals surface area contributed by atoms with Crippen LogP contribution in [0.1, 0.15) is 86.3 Å². The van der Waals surface area contributed by atoms with Gasteiger partial charge in [-0.15, -0.1) is 6.42 Å². The smallest absolute Gasteiger partial charge is 0.410 e. The molecule has 0 aliphatic carbocycles. The van der Waals surface area contributed by atoms with Gasteiger partial charge in [-0.1, -0.05) is 75.4 Å². The van der Waals surface area contributed by atoms with Gasteiger partial charge in [-0.25, -0.2) is 15.8 Å². The van der Waals surface area contributed by atoms with Crippen molar-refractivity contribution in [3.8, 4) is 12.1 Å². The van der Waals surface area contributed by atoms with E-state index in [1.165, 1.54) is 37.3 Å². The van der Waals surface area contributed by atoms with E-state index in [2.05, 4.69) is 37.2 Å². The van der Waals surface area contributed by atoms with Crippen LogP contribution in [-0.2, 0) is 52.6 Å². The zero-order valence-corrected chi connectivity index (χ0v) is 42.6. The number of terminal acetylenes is 1. The summed E-state index contributed by atoms with van der Waals surface area (Å²) in [5.41, 5.74) is 11.9. The van der Waals surface area contributed by atoms with Gasteiger partial charge in [0.15, 0.2) is 0 Å². The second kappa shape index (κ2) is 26.3. The topological polar surface area (TPSA) is 242 Å². The zero-order chi connectivity index (χ0) is 52.4. The number of aryl methyl sites for hydroxylation is 1. The predicted octanol–water partition coefficient (Wildman–Crippen LogP) is 8.20. The number of hydroxylamine groups is 2. The maximum atomic E-state index is 13.7. The normalized spacial score (nSPS) is 13.1. The molecule has 0 spiro atoms. The fourth-order valence-electron chi connectivity index (χ4n) is 7.32. The number of amides is 5. The Labute approximate surface area is 420 Å². The molecule has 0 aliphatic rings. The summed E-state index contributed by atoms with van der Waals surface area (Å²) in [5.74, 6) is -2.62. The minimum atomic E-state index is -3.82. The van der Waals surface area contributed by atoms with Crippen LogP contribution in [0.15, 0.2) is 103 Å². The number of carbonyl (C=O) groups is 5. The van der Waals surface area contributed by atoms with E-state index in [0.717, 1.165) is 39.7 Å². The van der Waals surface area contributed by atoms with Crippen molar-refractivity contribution in [3.63, 3.8) is 0 Å². The van der Waals surface area contributed by atoms with Crippen molar-refractivity contribution in [2.24, 2.45) is 5.92 Å². The van der Waals surface area contributed by atoms with Crippen molar-refractivity contribution >= 4 is 65.6 Å². The van der Waals surface area contributed by atoms with Gasteiger partial charge in [0, 0.05) is 64.9 Å². The van der Waals surface area contributed by atoms with Gasteiger partial charge in [-0.05, 0) is 117 Å². The Balaban J connectivity index is 1.13. The predicted molar refractivity (Wildman–Crippen MR) is 277 cm³/mol. The lowest BCUT2D eigenvalue weighted by atomic mass is 10.0. The molecule has 0 fully saturated rings. The third kappa shape index (κ3) is 16.7. The van der Waals surface area contributed by atoms with Crippen LogP contribution in [0, 0.1) is 24.9 Å². The van der Waals surface area contributed by atoms with Crippen LogP contribution in [0.5, 0.6) is 0 Å². The van der Waals surface area contributed by atoms with Crippen LogP contribution in [-0.4, -0.2) is 82.2 Å². The van der Waals surface area contributed by atoms with Crippen LogP contribution in [0.2, 0.25) is 0 Å². The van der Waals surface area contributed by atoms with Gasteiger partial charge in [-0.3, -0.25) is 38.3 Å². The van der Waals surface area contributed by atoms with E-state index in [1.807, 2.05) is 50.2 Å². The monoisotopic (exact) mass is 1000 g/mol. The Morgan fingerprint density at radius 1 is 0.889 bits per heavy atom. The number of ether oxygens (including phenoxy) is 1. The number of hydrogen-bond acceptors (Lipinski definition) is 11. The van der Waals surface area contributed by atoms with Crippen LogP contribution >= 0.6 is 7.52 Å². The molecule has 18 nitrogen and oxygen atoms in total. The average molecular weight is 1010 g/mol. The maximum absolute atomic E-state index is 13.7. The Kier molecular flexibility index (Phi) is 20.3. The molecule has 1 unspecified atom stereocenters. The van der Waals surface area contributed by atoms with Gasteiger partial charge in [0.25, 0.3) is 11.8 Å². The summed E-state index contributed by atoms with van der Waals surface area (Å²) in [6.07, 6.45) is 9.27. The van der Waals surface area contributed by atoms with E-state index in [9.17, 15) is 28.5 Å². The summed E-state index contributed by atoms with van der Waals surface area (Å²) in [5, 5.41) is 20.8. The number of carbonyl (C=O) groups excluding carboxylic acids is 5. The summed E-state index contributed by atoms with van der Waals surface area (Å²) in [7, 11) is -3.82. The molecule has 0 radical (unpaired) electrons. The molecule has 19 heteroatoms. The molecule has 382 valence electrons. The van der Waals surface area contributed by atoms with Crippen molar-refractivity contribution in [1.29, 1.82) is 0 Å². The first kappa shape index (κ1) is 55.7. The summed E-state index contributed by atoms with van der Waals surface area (Å²) < 4.78 is 25.0. The van der Waals surface area contributed by atoms with Crippen LogP contribution in [0.4, 0.5) is 16.2 Å². The van der Waals surface area contributed by atoms with Crippen LogP contribution in [0.3, 0.4) is 0 Å². The first-order valence-corrected chi connectivity index (χ1v) is 25.2. The number of aromatic amines is 1. The molecule has 0 saturated heterocycles. The molecule has 5 aromatic rings. The molecule has 5 rings (SSSR count). The summed E-state index contributed by atoms with van der Waals surface area (Å²) in [6, 6.07) is 26.1. The van der Waals surface area contributed by atoms with Crippen molar-refractivity contribution in [3.05, 3.63) is 137 Å². The molecule has 4 aromatic carbocycles. The van der Waals surface area contributed by atoms with Crippen molar-refractivity contribution in [2.75, 3.05) is 30.1 Å². The standard InChI is InChI=1S/C53H65N8O10P/c1-9-30-54-70-34-53(7,8)71-72(68,10-2)60-43-26-22-41(23-27-43)50(64)58-48(35(3)4)51(65)56-37(6)49(63)57-42-24-19-40(20-25-42)33-69-52(66)61(31-29-44-36(5)55-46-14-12-11-13-45(44)46)32-39-17-15-38(16-18-39)21-28-47(62)59-67/h2,11-28,35,37,48,54-55,67H,9,29-34H2,1,3-8H3,(H,56,65)(H,57,63)(H,58,64)(H,59,62)(H,60,68)/b28-21+/t37-,48-,72?/m0/s1.